The fourth-order valence-electron chi connectivity index (χ4n) is 1.65. The first-order chi connectivity index (χ1) is 8.02. The highest BCUT2D eigenvalue weighted by atomic mass is 16.5. The quantitative estimate of drug-likeness (QED) is 0.756. The first-order valence-electron chi connectivity index (χ1n) is 5.87. The number of carboxylic acid groups (broad SMARTS) is 1. The van der Waals surface area contributed by atoms with Gasteiger partial charge in [-0.05, 0) is 13.3 Å². The summed E-state index contributed by atoms with van der Waals surface area (Å²) in [5, 5.41) is 11.4. The van der Waals surface area contributed by atoms with Crippen molar-refractivity contribution in [2.24, 2.45) is 5.92 Å². The van der Waals surface area contributed by atoms with Gasteiger partial charge in [-0.15, -0.1) is 0 Å². The first-order valence-corrected chi connectivity index (χ1v) is 5.87. The lowest BCUT2D eigenvalue weighted by Gasteiger charge is -2.33. The second-order valence-corrected chi connectivity index (χ2v) is 4.38. The summed E-state index contributed by atoms with van der Waals surface area (Å²) in [7, 11) is 0. The number of nitrogens with zero attached hydrogens (tertiary/aromatic N) is 1. The maximum absolute atomic E-state index is 11.8. The van der Waals surface area contributed by atoms with Crippen LogP contribution in [0.2, 0.25) is 0 Å². The van der Waals surface area contributed by atoms with Crippen LogP contribution in [0.25, 0.3) is 0 Å². The van der Waals surface area contributed by atoms with Gasteiger partial charge in [0.25, 0.3) is 0 Å². The molecule has 2 N–H and O–H groups in total. The van der Waals surface area contributed by atoms with Crippen molar-refractivity contribution in [3.8, 4) is 0 Å². The van der Waals surface area contributed by atoms with E-state index in [1.54, 1.807) is 11.8 Å². The Morgan fingerprint density at radius 2 is 2.29 bits per heavy atom. The molecule has 0 bridgehead atoms. The van der Waals surface area contributed by atoms with Crippen molar-refractivity contribution in [3.63, 3.8) is 0 Å². The zero-order chi connectivity index (χ0) is 12.8. The molecule has 0 saturated carbocycles. The summed E-state index contributed by atoms with van der Waals surface area (Å²) >= 11 is 0. The van der Waals surface area contributed by atoms with Crippen molar-refractivity contribution in [1.29, 1.82) is 0 Å². The molecule has 1 fully saturated rings. The molecule has 6 heteroatoms. The fourth-order valence-corrected chi connectivity index (χ4v) is 1.65. The first kappa shape index (κ1) is 13.8. The summed E-state index contributed by atoms with van der Waals surface area (Å²) < 4.78 is 5.24. The Labute approximate surface area is 101 Å². The van der Waals surface area contributed by atoms with Crippen LogP contribution in [0.1, 0.15) is 20.3 Å². The molecule has 17 heavy (non-hydrogen) atoms. The molecule has 1 saturated heterocycles. The van der Waals surface area contributed by atoms with Gasteiger partial charge >= 0.3 is 12.0 Å². The van der Waals surface area contributed by atoms with Gasteiger partial charge in [0, 0.05) is 13.1 Å². The van der Waals surface area contributed by atoms with Gasteiger partial charge in [0.15, 0.2) is 0 Å². The van der Waals surface area contributed by atoms with Crippen molar-refractivity contribution in [3.05, 3.63) is 0 Å². The molecular weight excluding hydrogens is 224 g/mol. The predicted octanol–water partition coefficient (Wildman–Crippen LogP) is 0.527. The zero-order valence-corrected chi connectivity index (χ0v) is 10.3. The van der Waals surface area contributed by atoms with E-state index < -0.39 is 11.9 Å². The summed E-state index contributed by atoms with van der Waals surface area (Å²) in [6, 6.07) is -0.0703. The number of hydrogen-bond acceptors (Lipinski definition) is 3. The normalized spacial score (nSPS) is 22.0. The van der Waals surface area contributed by atoms with E-state index in [0.717, 1.165) is 0 Å². The van der Waals surface area contributed by atoms with Crippen LogP contribution in [0.3, 0.4) is 0 Å². The van der Waals surface area contributed by atoms with Gasteiger partial charge in [-0.2, -0.15) is 0 Å². The highest BCUT2D eigenvalue weighted by Crippen LogP contribution is 2.06. The van der Waals surface area contributed by atoms with Crippen LogP contribution in [-0.2, 0) is 9.53 Å². The Morgan fingerprint density at radius 1 is 1.59 bits per heavy atom. The van der Waals surface area contributed by atoms with Gasteiger partial charge in [-0.25, -0.2) is 4.79 Å². The largest absolute Gasteiger partial charge is 0.481 e. The van der Waals surface area contributed by atoms with E-state index in [9.17, 15) is 9.59 Å². The van der Waals surface area contributed by atoms with Crippen molar-refractivity contribution in [1.82, 2.24) is 10.2 Å². The van der Waals surface area contributed by atoms with Crippen LogP contribution >= 0.6 is 0 Å². The van der Waals surface area contributed by atoms with Crippen LogP contribution in [0.4, 0.5) is 4.79 Å². The Morgan fingerprint density at radius 3 is 2.88 bits per heavy atom. The Balaban J connectivity index is 2.26. The fraction of sp³-hybridized carbons (Fsp3) is 0.818. The van der Waals surface area contributed by atoms with Crippen LogP contribution < -0.4 is 5.32 Å². The third-order valence-corrected chi connectivity index (χ3v) is 2.90. The molecule has 2 unspecified atom stereocenters. The summed E-state index contributed by atoms with van der Waals surface area (Å²) in [6.45, 7) is 5.64. The third-order valence-electron chi connectivity index (χ3n) is 2.90. The Bertz CT molecular complexity index is 283. The minimum Gasteiger partial charge on any atom is -0.481 e. The number of carbonyl (C=O) groups excluding carboxylic acids is 1. The van der Waals surface area contributed by atoms with E-state index in [0.29, 0.717) is 32.7 Å². The van der Waals surface area contributed by atoms with Gasteiger partial charge < -0.3 is 20.1 Å². The number of urea groups is 1. The average molecular weight is 244 g/mol. The van der Waals surface area contributed by atoms with Gasteiger partial charge in [0.05, 0.1) is 25.2 Å². The molecule has 0 spiro atoms. The van der Waals surface area contributed by atoms with E-state index >= 15 is 0 Å². The molecule has 2 amide bonds. The van der Waals surface area contributed by atoms with Crippen LogP contribution in [0.15, 0.2) is 0 Å². The van der Waals surface area contributed by atoms with Crippen LogP contribution in [0, 0.1) is 5.92 Å². The second kappa shape index (κ2) is 6.44. The predicted molar refractivity (Wildman–Crippen MR) is 61.8 cm³/mol. The topological polar surface area (TPSA) is 78.9 Å². The number of carbonyl (C=O) groups is 2. The lowest BCUT2D eigenvalue weighted by atomic mass is 10.1. The number of morpholine rings is 1. The minimum absolute atomic E-state index is 0.0700. The van der Waals surface area contributed by atoms with Gasteiger partial charge in [0.1, 0.15) is 0 Å². The third kappa shape index (κ3) is 4.22. The molecule has 0 aromatic carbocycles. The van der Waals surface area contributed by atoms with Crippen LogP contribution in [-0.4, -0.2) is 54.4 Å². The van der Waals surface area contributed by atoms with Gasteiger partial charge in [-0.1, -0.05) is 6.92 Å². The molecule has 1 heterocycles. The standard InChI is InChI=1S/C11H20N2O4/c1-8(10(14)15)3-4-12-11(16)13-5-6-17-7-9(13)2/h8-9H,3-7H2,1-2H3,(H,12,16)(H,14,15). The number of hydrogen-bond donors (Lipinski definition) is 2. The highest BCUT2D eigenvalue weighted by molar-refractivity contribution is 5.74. The number of aliphatic carboxylic acids is 1. The van der Waals surface area contributed by atoms with Crippen molar-refractivity contribution >= 4 is 12.0 Å². The van der Waals surface area contributed by atoms with E-state index in [1.807, 2.05) is 6.92 Å². The van der Waals surface area contributed by atoms with Gasteiger partial charge in [0.2, 0.25) is 0 Å². The Hall–Kier alpha value is -1.30. The van der Waals surface area contributed by atoms with Crippen LogP contribution in [0.5, 0.6) is 0 Å². The Kier molecular flexibility index (Phi) is 5.21. The lowest BCUT2D eigenvalue weighted by molar-refractivity contribution is -0.141. The number of carboxylic acids is 1. The minimum atomic E-state index is -0.834. The van der Waals surface area contributed by atoms with Gasteiger partial charge in [-0.3, -0.25) is 4.79 Å². The molecule has 0 aliphatic carbocycles. The van der Waals surface area contributed by atoms with E-state index in [-0.39, 0.29) is 12.1 Å². The number of rotatable bonds is 4. The SMILES string of the molecule is CC(CCNC(=O)N1CCOCC1C)C(=O)O. The molecule has 1 aliphatic heterocycles. The molecular formula is C11H20N2O4. The highest BCUT2D eigenvalue weighted by Gasteiger charge is 2.23. The van der Waals surface area contributed by atoms with Crippen molar-refractivity contribution in [2.75, 3.05) is 26.3 Å². The number of amides is 2. The monoisotopic (exact) mass is 244 g/mol. The smallest absolute Gasteiger partial charge is 0.317 e. The molecule has 1 aliphatic rings. The molecule has 0 aromatic rings. The number of nitrogens with one attached hydrogen (secondary N) is 1. The summed E-state index contributed by atoms with van der Waals surface area (Å²) in [5.74, 6) is -1.27. The summed E-state index contributed by atoms with van der Waals surface area (Å²) in [5.41, 5.74) is 0. The molecule has 2 atom stereocenters. The molecule has 98 valence electrons. The van der Waals surface area contributed by atoms with E-state index in [1.165, 1.54) is 0 Å². The number of ether oxygens (including phenoxy) is 1. The molecule has 0 aromatic heterocycles. The van der Waals surface area contributed by atoms with E-state index in [2.05, 4.69) is 5.32 Å². The zero-order valence-electron chi connectivity index (χ0n) is 10.3. The van der Waals surface area contributed by atoms with E-state index in [4.69, 9.17) is 9.84 Å². The van der Waals surface area contributed by atoms with Crippen molar-refractivity contribution < 1.29 is 19.4 Å². The summed E-state index contributed by atoms with van der Waals surface area (Å²) in [6.07, 6.45) is 0.444. The van der Waals surface area contributed by atoms with Crippen molar-refractivity contribution in [2.45, 2.75) is 26.3 Å². The molecule has 6 nitrogen and oxygen atoms in total. The molecule has 0 radical (unpaired) electrons. The molecule has 1 rings (SSSR count). The maximum Gasteiger partial charge on any atom is 0.317 e. The second-order valence-electron chi connectivity index (χ2n) is 4.38. The average Bonchev–Trinajstić information content (AvgIpc) is 2.29. The maximum atomic E-state index is 11.8. The summed E-state index contributed by atoms with van der Waals surface area (Å²) in [4.78, 5) is 24.1. The lowest BCUT2D eigenvalue weighted by Crippen LogP contribution is -2.51.